The first-order valence-corrected chi connectivity index (χ1v) is 11.8. The summed E-state index contributed by atoms with van der Waals surface area (Å²) >= 11 is 6.10. The topological polar surface area (TPSA) is 108 Å². The number of esters is 1. The van der Waals surface area contributed by atoms with Crippen molar-refractivity contribution >= 4 is 34.8 Å². The zero-order valence-corrected chi connectivity index (χ0v) is 20.4. The molecule has 5 aromatic rings. The van der Waals surface area contributed by atoms with Gasteiger partial charge in [-0.2, -0.15) is 5.10 Å². The summed E-state index contributed by atoms with van der Waals surface area (Å²) in [6, 6.07) is 19.4. The maximum Gasteiger partial charge on any atom is 0.343 e. The number of ether oxygens (including phenoxy) is 2. The standard InChI is InChI=1S/C27H21ClN4O5/c1-2-35-27(34)20-15-30-32-22(12-13-29-25(20)32)17-6-5-7-18(14-17)31-26(33)24-11-10-19(37-24)16-36-23-9-4-3-8-21(23)28/h3-15H,2,16H2,1H3,(H,31,33). The van der Waals surface area contributed by atoms with Crippen molar-refractivity contribution in [2.45, 2.75) is 13.5 Å². The van der Waals surface area contributed by atoms with Gasteiger partial charge in [-0.3, -0.25) is 4.79 Å². The molecule has 0 unspecified atom stereocenters. The lowest BCUT2D eigenvalue weighted by molar-refractivity contribution is 0.0528. The molecule has 0 radical (unpaired) electrons. The zero-order chi connectivity index (χ0) is 25.8. The van der Waals surface area contributed by atoms with Gasteiger partial charge < -0.3 is 19.2 Å². The molecule has 0 spiro atoms. The van der Waals surface area contributed by atoms with E-state index in [9.17, 15) is 9.59 Å². The van der Waals surface area contributed by atoms with Crippen LogP contribution in [0.1, 0.15) is 33.6 Å². The summed E-state index contributed by atoms with van der Waals surface area (Å²) in [5, 5.41) is 7.64. The van der Waals surface area contributed by atoms with Crippen LogP contribution >= 0.6 is 11.6 Å². The minimum atomic E-state index is -0.488. The van der Waals surface area contributed by atoms with Crippen LogP contribution in [0.5, 0.6) is 5.75 Å². The van der Waals surface area contributed by atoms with Crippen LogP contribution in [0.25, 0.3) is 16.9 Å². The number of carbonyl (C=O) groups is 2. The number of anilines is 1. The van der Waals surface area contributed by atoms with Gasteiger partial charge in [0.25, 0.3) is 5.91 Å². The summed E-state index contributed by atoms with van der Waals surface area (Å²) in [6.45, 7) is 2.12. The Kier molecular flexibility index (Phi) is 6.87. The van der Waals surface area contributed by atoms with Gasteiger partial charge in [0.15, 0.2) is 11.4 Å². The second-order valence-corrected chi connectivity index (χ2v) is 8.27. The normalized spacial score (nSPS) is 10.9. The largest absolute Gasteiger partial charge is 0.484 e. The molecule has 0 aliphatic rings. The Morgan fingerprint density at radius 2 is 1.95 bits per heavy atom. The lowest BCUT2D eigenvalue weighted by Gasteiger charge is -2.08. The van der Waals surface area contributed by atoms with Crippen LogP contribution in [0.3, 0.4) is 0 Å². The molecule has 0 saturated carbocycles. The molecular weight excluding hydrogens is 496 g/mol. The Hall–Kier alpha value is -4.63. The van der Waals surface area contributed by atoms with Gasteiger partial charge in [-0.25, -0.2) is 14.3 Å². The van der Waals surface area contributed by atoms with Crippen molar-refractivity contribution in [2.75, 3.05) is 11.9 Å². The van der Waals surface area contributed by atoms with E-state index in [1.165, 1.54) is 6.20 Å². The predicted molar refractivity (Wildman–Crippen MR) is 137 cm³/mol. The number of nitrogens with one attached hydrogen (secondary N) is 1. The first-order valence-electron chi connectivity index (χ1n) is 11.4. The lowest BCUT2D eigenvalue weighted by Crippen LogP contribution is -2.11. The zero-order valence-electron chi connectivity index (χ0n) is 19.7. The Morgan fingerprint density at radius 1 is 1.08 bits per heavy atom. The van der Waals surface area contributed by atoms with E-state index in [0.717, 1.165) is 5.56 Å². The van der Waals surface area contributed by atoms with Crippen LogP contribution in [-0.4, -0.2) is 33.1 Å². The summed E-state index contributed by atoms with van der Waals surface area (Å²) < 4.78 is 18.0. The number of benzene rings is 2. The number of rotatable bonds is 8. The van der Waals surface area contributed by atoms with E-state index in [4.69, 9.17) is 25.5 Å². The van der Waals surface area contributed by atoms with E-state index in [0.29, 0.717) is 33.6 Å². The SMILES string of the molecule is CCOC(=O)c1cnn2c(-c3cccc(NC(=O)c4ccc(COc5ccccc5Cl)o4)c3)ccnc12. The van der Waals surface area contributed by atoms with Crippen molar-refractivity contribution in [2.24, 2.45) is 0 Å². The van der Waals surface area contributed by atoms with Gasteiger partial charge in [0.1, 0.15) is 23.7 Å². The van der Waals surface area contributed by atoms with Crippen molar-refractivity contribution in [3.63, 3.8) is 0 Å². The maximum absolute atomic E-state index is 12.8. The van der Waals surface area contributed by atoms with Crippen LogP contribution < -0.4 is 10.1 Å². The molecule has 0 atom stereocenters. The molecule has 1 N–H and O–H groups in total. The number of para-hydroxylation sites is 1. The van der Waals surface area contributed by atoms with Gasteiger partial charge in [0.2, 0.25) is 0 Å². The molecule has 9 nitrogen and oxygen atoms in total. The number of hydrogen-bond donors (Lipinski definition) is 1. The molecular formula is C27H21ClN4O5. The average Bonchev–Trinajstić information content (AvgIpc) is 3.56. The number of amides is 1. The Bertz CT molecular complexity index is 1590. The van der Waals surface area contributed by atoms with Crippen molar-refractivity contribution in [1.82, 2.24) is 14.6 Å². The van der Waals surface area contributed by atoms with Crippen LogP contribution in [0.2, 0.25) is 5.02 Å². The molecule has 2 aromatic carbocycles. The minimum Gasteiger partial charge on any atom is -0.484 e. The second-order valence-electron chi connectivity index (χ2n) is 7.86. The fourth-order valence-corrected chi connectivity index (χ4v) is 3.89. The molecule has 3 heterocycles. The number of hydrogen-bond acceptors (Lipinski definition) is 7. The van der Waals surface area contributed by atoms with Crippen LogP contribution in [-0.2, 0) is 11.3 Å². The molecule has 5 rings (SSSR count). The molecule has 1 amide bonds. The van der Waals surface area contributed by atoms with E-state index in [1.54, 1.807) is 66.2 Å². The maximum atomic E-state index is 12.8. The van der Waals surface area contributed by atoms with Crippen molar-refractivity contribution < 1.29 is 23.5 Å². The summed E-state index contributed by atoms with van der Waals surface area (Å²) in [5.41, 5.74) is 2.66. The highest BCUT2D eigenvalue weighted by Crippen LogP contribution is 2.26. The fraction of sp³-hybridized carbons (Fsp3) is 0.111. The van der Waals surface area contributed by atoms with Crippen LogP contribution in [0, 0.1) is 0 Å². The van der Waals surface area contributed by atoms with E-state index in [-0.39, 0.29) is 24.5 Å². The molecule has 3 aromatic heterocycles. The monoisotopic (exact) mass is 516 g/mol. The average molecular weight is 517 g/mol. The Balaban J connectivity index is 1.31. The first-order chi connectivity index (χ1) is 18.0. The highest BCUT2D eigenvalue weighted by molar-refractivity contribution is 6.32. The van der Waals surface area contributed by atoms with E-state index < -0.39 is 11.9 Å². The summed E-state index contributed by atoms with van der Waals surface area (Å²) in [6.07, 6.45) is 3.02. The van der Waals surface area contributed by atoms with Crippen LogP contribution in [0.15, 0.2) is 83.5 Å². The molecule has 0 fully saturated rings. The van der Waals surface area contributed by atoms with Gasteiger partial charge in [-0.05, 0) is 49.4 Å². The summed E-state index contributed by atoms with van der Waals surface area (Å²) in [7, 11) is 0. The smallest absolute Gasteiger partial charge is 0.343 e. The van der Waals surface area contributed by atoms with E-state index >= 15 is 0 Å². The Morgan fingerprint density at radius 3 is 2.78 bits per heavy atom. The van der Waals surface area contributed by atoms with Gasteiger partial charge in [0, 0.05) is 17.4 Å². The second kappa shape index (κ2) is 10.5. The third-order valence-corrected chi connectivity index (χ3v) is 5.72. The van der Waals surface area contributed by atoms with E-state index in [2.05, 4.69) is 15.4 Å². The molecule has 0 aliphatic heterocycles. The molecule has 10 heteroatoms. The highest BCUT2D eigenvalue weighted by atomic mass is 35.5. The Labute approximate surface area is 216 Å². The van der Waals surface area contributed by atoms with Crippen molar-refractivity contribution in [3.8, 4) is 17.0 Å². The quantitative estimate of drug-likeness (QED) is 0.265. The number of nitrogens with zero attached hydrogens (tertiary/aromatic N) is 3. The number of carbonyl (C=O) groups excluding carboxylic acids is 2. The highest BCUT2D eigenvalue weighted by Gasteiger charge is 2.18. The first kappa shape index (κ1) is 24.1. The molecule has 186 valence electrons. The summed E-state index contributed by atoms with van der Waals surface area (Å²) in [5.74, 6) is 0.248. The number of furan rings is 1. The van der Waals surface area contributed by atoms with Gasteiger partial charge >= 0.3 is 5.97 Å². The minimum absolute atomic E-state index is 0.127. The van der Waals surface area contributed by atoms with Crippen LogP contribution in [0.4, 0.5) is 5.69 Å². The van der Waals surface area contributed by atoms with E-state index in [1.807, 2.05) is 18.2 Å². The van der Waals surface area contributed by atoms with Gasteiger partial charge in [-0.1, -0.05) is 35.9 Å². The third kappa shape index (κ3) is 5.17. The summed E-state index contributed by atoms with van der Waals surface area (Å²) in [4.78, 5) is 29.3. The molecule has 37 heavy (non-hydrogen) atoms. The van der Waals surface area contributed by atoms with Crippen molar-refractivity contribution in [1.29, 1.82) is 0 Å². The van der Waals surface area contributed by atoms with Crippen molar-refractivity contribution in [3.05, 3.63) is 101 Å². The molecule has 0 saturated heterocycles. The lowest BCUT2D eigenvalue weighted by atomic mass is 10.1. The van der Waals surface area contributed by atoms with Gasteiger partial charge in [0.05, 0.1) is 23.5 Å². The number of aromatic nitrogens is 3. The fourth-order valence-electron chi connectivity index (χ4n) is 3.70. The predicted octanol–water partition coefficient (Wildman–Crippen LogP) is 5.65. The third-order valence-electron chi connectivity index (χ3n) is 5.40. The molecule has 0 bridgehead atoms. The number of fused-ring (bicyclic) bond motifs is 1. The van der Waals surface area contributed by atoms with Gasteiger partial charge in [-0.15, -0.1) is 0 Å². The molecule has 0 aliphatic carbocycles. The number of halogens is 1.